The van der Waals surface area contributed by atoms with Gasteiger partial charge in [0.05, 0.1) is 6.54 Å². The minimum atomic E-state index is 0. The first-order chi connectivity index (χ1) is 6.59. The number of likely N-dealkylation sites (tertiary alicyclic amines) is 1. The molecule has 1 rings (SSSR count). The standard InChI is InChI=1S/C10H18BrN3.HI/c1-8-4-3-5-14(7-8)10(12)13-6-9(2)11;/h8H,2-7H2,1H3,(H2,12,13);1H. The molecule has 0 bridgehead atoms. The second kappa shape index (κ2) is 7.49. The normalized spacial score (nSPS) is 22.1. The Labute approximate surface area is 117 Å². The zero-order valence-electron chi connectivity index (χ0n) is 9.08. The summed E-state index contributed by atoms with van der Waals surface area (Å²) < 4.78 is 0.866. The van der Waals surface area contributed by atoms with Crippen LogP contribution in [0.1, 0.15) is 19.8 Å². The average molecular weight is 388 g/mol. The number of guanidine groups is 1. The van der Waals surface area contributed by atoms with E-state index in [1.165, 1.54) is 12.8 Å². The van der Waals surface area contributed by atoms with E-state index in [-0.39, 0.29) is 24.0 Å². The van der Waals surface area contributed by atoms with Gasteiger partial charge >= 0.3 is 0 Å². The Morgan fingerprint density at radius 3 is 2.87 bits per heavy atom. The third kappa shape index (κ3) is 5.75. The quantitative estimate of drug-likeness (QED) is 0.449. The fourth-order valence-corrected chi connectivity index (χ4v) is 1.79. The molecule has 0 aliphatic carbocycles. The third-order valence-corrected chi connectivity index (χ3v) is 2.64. The average Bonchev–Trinajstić information content (AvgIpc) is 2.14. The number of nitrogens with two attached hydrogens (primary N) is 1. The largest absolute Gasteiger partial charge is 0.370 e. The molecule has 88 valence electrons. The summed E-state index contributed by atoms with van der Waals surface area (Å²) in [5.74, 6) is 1.38. The lowest BCUT2D eigenvalue weighted by atomic mass is 10.0. The molecule has 0 spiro atoms. The molecule has 3 nitrogen and oxygen atoms in total. The molecule has 1 heterocycles. The zero-order chi connectivity index (χ0) is 10.6. The van der Waals surface area contributed by atoms with Crippen molar-refractivity contribution in [1.82, 2.24) is 4.90 Å². The van der Waals surface area contributed by atoms with Gasteiger partial charge in [-0.05, 0) is 18.8 Å². The van der Waals surface area contributed by atoms with Crippen LogP contribution in [0.5, 0.6) is 0 Å². The summed E-state index contributed by atoms with van der Waals surface area (Å²) in [5.41, 5.74) is 5.87. The van der Waals surface area contributed by atoms with Gasteiger partial charge in [-0.1, -0.05) is 29.4 Å². The highest BCUT2D eigenvalue weighted by atomic mass is 127. The molecule has 15 heavy (non-hydrogen) atoms. The highest BCUT2D eigenvalue weighted by Crippen LogP contribution is 2.15. The van der Waals surface area contributed by atoms with Crippen molar-refractivity contribution in [3.8, 4) is 0 Å². The number of hydrogen-bond acceptors (Lipinski definition) is 1. The molecule has 1 unspecified atom stereocenters. The van der Waals surface area contributed by atoms with E-state index in [2.05, 4.69) is 39.3 Å². The van der Waals surface area contributed by atoms with Gasteiger partial charge in [0.2, 0.25) is 0 Å². The minimum Gasteiger partial charge on any atom is -0.370 e. The second-order valence-corrected chi connectivity index (χ2v) is 5.01. The van der Waals surface area contributed by atoms with E-state index in [0.717, 1.165) is 23.5 Å². The van der Waals surface area contributed by atoms with Crippen LogP contribution in [0.3, 0.4) is 0 Å². The van der Waals surface area contributed by atoms with Crippen LogP contribution < -0.4 is 5.73 Å². The number of nitrogens with zero attached hydrogens (tertiary/aromatic N) is 2. The Bertz CT molecular complexity index is 243. The topological polar surface area (TPSA) is 41.6 Å². The molecule has 0 radical (unpaired) electrons. The molecule has 5 heteroatoms. The van der Waals surface area contributed by atoms with Crippen molar-refractivity contribution in [2.45, 2.75) is 19.8 Å². The molecule has 0 aromatic carbocycles. The lowest BCUT2D eigenvalue weighted by molar-refractivity contribution is 0.270. The molecule has 0 amide bonds. The van der Waals surface area contributed by atoms with Gasteiger partial charge < -0.3 is 10.6 Å². The maximum absolute atomic E-state index is 5.87. The molecule has 0 aromatic rings. The first-order valence-corrected chi connectivity index (χ1v) is 5.77. The summed E-state index contributed by atoms with van der Waals surface area (Å²) in [6, 6.07) is 0. The molecule has 1 saturated heterocycles. The molecule has 1 fully saturated rings. The van der Waals surface area contributed by atoms with Crippen LogP contribution in [0, 0.1) is 5.92 Å². The van der Waals surface area contributed by atoms with Gasteiger partial charge in [-0.15, -0.1) is 24.0 Å². The predicted octanol–water partition coefficient (Wildman–Crippen LogP) is 2.56. The third-order valence-electron chi connectivity index (χ3n) is 2.39. The van der Waals surface area contributed by atoms with Crippen LogP contribution in [0.25, 0.3) is 0 Å². The van der Waals surface area contributed by atoms with Crippen molar-refractivity contribution in [2.75, 3.05) is 19.6 Å². The summed E-state index contributed by atoms with van der Waals surface area (Å²) >= 11 is 3.26. The molecule has 0 saturated carbocycles. The number of piperidine rings is 1. The maximum atomic E-state index is 5.87. The summed E-state index contributed by atoms with van der Waals surface area (Å²) in [6.45, 7) is 8.61. The van der Waals surface area contributed by atoms with Crippen molar-refractivity contribution < 1.29 is 0 Å². The van der Waals surface area contributed by atoms with E-state index >= 15 is 0 Å². The Balaban J connectivity index is 0.00000196. The molecule has 2 N–H and O–H groups in total. The van der Waals surface area contributed by atoms with Crippen molar-refractivity contribution in [3.05, 3.63) is 11.1 Å². The molecule has 1 aliphatic rings. The van der Waals surface area contributed by atoms with E-state index in [1.807, 2.05) is 0 Å². The maximum Gasteiger partial charge on any atom is 0.191 e. The molecular formula is C10H19BrIN3. The SMILES string of the molecule is C=C(Br)CN=C(N)N1CCCC(C)C1.I. The minimum absolute atomic E-state index is 0. The molecule has 1 aliphatic heterocycles. The summed E-state index contributed by atoms with van der Waals surface area (Å²) in [5, 5.41) is 0. The van der Waals surface area contributed by atoms with E-state index in [1.54, 1.807) is 0 Å². The second-order valence-electron chi connectivity index (χ2n) is 3.89. The van der Waals surface area contributed by atoms with Crippen molar-refractivity contribution >= 4 is 45.9 Å². The van der Waals surface area contributed by atoms with Crippen LogP contribution in [0.2, 0.25) is 0 Å². The lowest BCUT2D eigenvalue weighted by Gasteiger charge is -2.31. The Morgan fingerprint density at radius 2 is 2.33 bits per heavy atom. The van der Waals surface area contributed by atoms with Gasteiger partial charge in [-0.2, -0.15) is 0 Å². The van der Waals surface area contributed by atoms with Gasteiger partial charge in [-0.3, -0.25) is 0 Å². The Morgan fingerprint density at radius 1 is 1.67 bits per heavy atom. The number of hydrogen-bond donors (Lipinski definition) is 1. The van der Waals surface area contributed by atoms with Crippen molar-refractivity contribution in [2.24, 2.45) is 16.6 Å². The number of halogens is 2. The van der Waals surface area contributed by atoms with Gasteiger partial charge in [-0.25, -0.2) is 4.99 Å². The van der Waals surface area contributed by atoms with E-state index in [4.69, 9.17) is 5.73 Å². The summed E-state index contributed by atoms with van der Waals surface area (Å²) in [4.78, 5) is 6.41. The molecule has 1 atom stereocenters. The zero-order valence-corrected chi connectivity index (χ0v) is 13.0. The number of aliphatic imine (C=N–C) groups is 1. The summed E-state index contributed by atoms with van der Waals surface area (Å²) in [6.07, 6.45) is 2.52. The van der Waals surface area contributed by atoms with Gasteiger partial charge in [0.25, 0.3) is 0 Å². The summed E-state index contributed by atoms with van der Waals surface area (Å²) in [7, 11) is 0. The fraction of sp³-hybridized carbons (Fsp3) is 0.700. The van der Waals surface area contributed by atoms with Crippen LogP contribution in [-0.2, 0) is 0 Å². The van der Waals surface area contributed by atoms with Gasteiger partial charge in [0.15, 0.2) is 5.96 Å². The highest BCUT2D eigenvalue weighted by Gasteiger charge is 2.17. The molecule has 0 aromatic heterocycles. The highest BCUT2D eigenvalue weighted by molar-refractivity contribution is 14.0. The van der Waals surface area contributed by atoms with Gasteiger partial charge in [0, 0.05) is 17.6 Å². The molecular weight excluding hydrogens is 369 g/mol. The van der Waals surface area contributed by atoms with Crippen LogP contribution >= 0.6 is 39.9 Å². The lowest BCUT2D eigenvalue weighted by Crippen LogP contribution is -2.43. The van der Waals surface area contributed by atoms with Crippen LogP contribution in [0.15, 0.2) is 16.1 Å². The van der Waals surface area contributed by atoms with Gasteiger partial charge in [0.1, 0.15) is 0 Å². The van der Waals surface area contributed by atoms with Crippen molar-refractivity contribution in [3.63, 3.8) is 0 Å². The fourth-order valence-electron chi connectivity index (χ4n) is 1.66. The Kier molecular flexibility index (Phi) is 7.60. The number of rotatable bonds is 2. The van der Waals surface area contributed by atoms with Crippen molar-refractivity contribution in [1.29, 1.82) is 0 Å². The van der Waals surface area contributed by atoms with E-state index < -0.39 is 0 Å². The first kappa shape index (κ1) is 15.2. The van der Waals surface area contributed by atoms with E-state index in [9.17, 15) is 0 Å². The monoisotopic (exact) mass is 387 g/mol. The van der Waals surface area contributed by atoms with E-state index in [0.29, 0.717) is 12.5 Å². The predicted molar refractivity (Wildman–Crippen MR) is 79.9 cm³/mol. The Hall–Kier alpha value is 0.220. The smallest absolute Gasteiger partial charge is 0.191 e. The van der Waals surface area contributed by atoms with Crippen LogP contribution in [-0.4, -0.2) is 30.5 Å². The first-order valence-electron chi connectivity index (χ1n) is 4.97. The van der Waals surface area contributed by atoms with Crippen LogP contribution in [0.4, 0.5) is 0 Å².